The molecule has 0 bridgehead atoms. The third-order valence-electron chi connectivity index (χ3n) is 1.83. The molecule has 2 heterocycles. The number of amides is 1. The van der Waals surface area contributed by atoms with Crippen molar-refractivity contribution in [1.82, 2.24) is 9.97 Å². The molecule has 0 aliphatic carbocycles. The molecule has 0 aromatic carbocycles. The van der Waals surface area contributed by atoms with E-state index in [-0.39, 0.29) is 11.6 Å². The zero-order valence-electron chi connectivity index (χ0n) is 8.48. The molecular formula is C9H8BrN5OS. The third kappa shape index (κ3) is 2.99. The number of carbonyl (C=O) groups excluding carboxylic acids is 1. The van der Waals surface area contributed by atoms with Gasteiger partial charge in [-0.05, 0) is 28.1 Å². The van der Waals surface area contributed by atoms with E-state index in [1.807, 2.05) is 0 Å². The van der Waals surface area contributed by atoms with Gasteiger partial charge in [-0.15, -0.1) is 0 Å². The first-order valence-electron chi connectivity index (χ1n) is 4.55. The van der Waals surface area contributed by atoms with Crippen LogP contribution in [0.4, 0.5) is 10.9 Å². The molecule has 0 aliphatic heterocycles. The van der Waals surface area contributed by atoms with Crippen LogP contribution in [0.15, 0.2) is 28.2 Å². The molecule has 0 spiro atoms. The summed E-state index contributed by atoms with van der Waals surface area (Å²) in [6.07, 6.45) is 1.62. The Hall–Kier alpha value is -1.51. The SMILES string of the molecule is NNc1cccc(C(=O)Nc2ncc(Br)s2)n1. The van der Waals surface area contributed by atoms with Crippen molar-refractivity contribution in [2.75, 3.05) is 10.7 Å². The number of hydrazine groups is 1. The summed E-state index contributed by atoms with van der Waals surface area (Å²) in [7, 11) is 0. The molecule has 0 fully saturated rings. The molecule has 17 heavy (non-hydrogen) atoms. The molecular weight excluding hydrogens is 306 g/mol. The Balaban J connectivity index is 2.14. The van der Waals surface area contributed by atoms with Crippen molar-refractivity contribution in [3.05, 3.63) is 33.9 Å². The summed E-state index contributed by atoms with van der Waals surface area (Å²) in [6.45, 7) is 0. The van der Waals surface area contributed by atoms with E-state index in [1.54, 1.807) is 24.4 Å². The first-order chi connectivity index (χ1) is 8.19. The van der Waals surface area contributed by atoms with Crippen molar-refractivity contribution in [2.24, 2.45) is 5.84 Å². The highest BCUT2D eigenvalue weighted by Gasteiger charge is 2.10. The second-order valence-corrected chi connectivity index (χ2v) is 5.39. The monoisotopic (exact) mass is 313 g/mol. The molecule has 0 saturated heterocycles. The lowest BCUT2D eigenvalue weighted by molar-refractivity contribution is 0.102. The normalized spacial score (nSPS) is 10.0. The first-order valence-corrected chi connectivity index (χ1v) is 6.16. The number of rotatable bonds is 3. The minimum absolute atomic E-state index is 0.270. The van der Waals surface area contributed by atoms with Crippen LogP contribution < -0.4 is 16.6 Å². The summed E-state index contributed by atoms with van der Waals surface area (Å²) in [5, 5.41) is 3.15. The Kier molecular flexibility index (Phi) is 3.67. The van der Waals surface area contributed by atoms with Gasteiger partial charge in [-0.1, -0.05) is 17.4 Å². The maximum absolute atomic E-state index is 11.8. The Morgan fingerprint density at radius 3 is 2.94 bits per heavy atom. The van der Waals surface area contributed by atoms with Gasteiger partial charge in [-0.3, -0.25) is 10.1 Å². The smallest absolute Gasteiger partial charge is 0.276 e. The fourth-order valence-electron chi connectivity index (χ4n) is 1.11. The fraction of sp³-hybridized carbons (Fsp3) is 0. The molecule has 2 aromatic rings. The Morgan fingerprint density at radius 2 is 2.29 bits per heavy atom. The maximum Gasteiger partial charge on any atom is 0.276 e. The summed E-state index contributed by atoms with van der Waals surface area (Å²) in [4.78, 5) is 19.8. The van der Waals surface area contributed by atoms with Crippen molar-refractivity contribution >= 4 is 44.1 Å². The lowest BCUT2D eigenvalue weighted by Gasteiger charge is -2.03. The van der Waals surface area contributed by atoms with Gasteiger partial charge in [0.05, 0.1) is 9.98 Å². The lowest BCUT2D eigenvalue weighted by Crippen LogP contribution is -2.15. The van der Waals surface area contributed by atoms with Crippen LogP contribution in [0, 0.1) is 0 Å². The zero-order chi connectivity index (χ0) is 12.3. The van der Waals surface area contributed by atoms with Crippen LogP contribution in [0.2, 0.25) is 0 Å². The number of aromatic nitrogens is 2. The zero-order valence-corrected chi connectivity index (χ0v) is 10.9. The van der Waals surface area contributed by atoms with E-state index < -0.39 is 0 Å². The van der Waals surface area contributed by atoms with Gasteiger partial charge in [0.1, 0.15) is 11.5 Å². The van der Waals surface area contributed by atoms with Gasteiger partial charge in [0.25, 0.3) is 5.91 Å². The van der Waals surface area contributed by atoms with Crippen molar-refractivity contribution in [3.63, 3.8) is 0 Å². The number of hydrogen-bond donors (Lipinski definition) is 3. The lowest BCUT2D eigenvalue weighted by atomic mass is 10.3. The number of hydrogen-bond acceptors (Lipinski definition) is 6. The molecule has 4 N–H and O–H groups in total. The van der Waals surface area contributed by atoms with E-state index in [0.29, 0.717) is 10.9 Å². The second kappa shape index (κ2) is 5.21. The van der Waals surface area contributed by atoms with Crippen LogP contribution in [-0.4, -0.2) is 15.9 Å². The van der Waals surface area contributed by atoms with Gasteiger partial charge in [0.2, 0.25) is 0 Å². The molecule has 0 radical (unpaired) electrons. The number of halogens is 1. The van der Waals surface area contributed by atoms with E-state index in [1.165, 1.54) is 11.3 Å². The first kappa shape index (κ1) is 12.0. The van der Waals surface area contributed by atoms with Crippen molar-refractivity contribution < 1.29 is 4.79 Å². The van der Waals surface area contributed by atoms with Crippen LogP contribution >= 0.6 is 27.3 Å². The van der Waals surface area contributed by atoms with Gasteiger partial charge in [-0.25, -0.2) is 15.8 Å². The summed E-state index contributed by atoms with van der Waals surface area (Å²) in [5.41, 5.74) is 2.65. The molecule has 1 amide bonds. The molecule has 6 nitrogen and oxygen atoms in total. The van der Waals surface area contributed by atoms with Crippen LogP contribution in [0.25, 0.3) is 0 Å². The van der Waals surface area contributed by atoms with E-state index in [9.17, 15) is 4.79 Å². The highest BCUT2D eigenvalue weighted by molar-refractivity contribution is 9.11. The number of nitrogens with zero attached hydrogens (tertiary/aromatic N) is 2. The predicted octanol–water partition coefficient (Wildman–Crippen LogP) is 1.84. The number of pyridine rings is 1. The summed E-state index contributed by atoms with van der Waals surface area (Å²) < 4.78 is 0.845. The van der Waals surface area contributed by atoms with Crippen LogP contribution in [0.3, 0.4) is 0 Å². The van der Waals surface area contributed by atoms with Crippen molar-refractivity contribution in [3.8, 4) is 0 Å². The highest BCUT2D eigenvalue weighted by Crippen LogP contribution is 2.23. The highest BCUT2D eigenvalue weighted by atomic mass is 79.9. The van der Waals surface area contributed by atoms with Crippen molar-refractivity contribution in [2.45, 2.75) is 0 Å². The minimum atomic E-state index is -0.330. The minimum Gasteiger partial charge on any atom is -0.308 e. The number of nitrogen functional groups attached to an aromatic ring is 1. The largest absolute Gasteiger partial charge is 0.308 e. The molecule has 0 saturated carbocycles. The van der Waals surface area contributed by atoms with Gasteiger partial charge >= 0.3 is 0 Å². The topological polar surface area (TPSA) is 92.9 Å². The van der Waals surface area contributed by atoms with Crippen LogP contribution in [0.1, 0.15) is 10.5 Å². The summed E-state index contributed by atoms with van der Waals surface area (Å²) >= 11 is 4.59. The number of nitrogens with one attached hydrogen (secondary N) is 2. The quantitative estimate of drug-likeness (QED) is 0.594. The van der Waals surface area contributed by atoms with Crippen molar-refractivity contribution in [1.29, 1.82) is 0 Å². The van der Waals surface area contributed by atoms with Gasteiger partial charge < -0.3 is 5.43 Å². The summed E-state index contributed by atoms with van der Waals surface area (Å²) in [5.74, 6) is 5.31. The van der Waals surface area contributed by atoms with E-state index in [2.05, 4.69) is 36.6 Å². The van der Waals surface area contributed by atoms with Crippen LogP contribution in [0.5, 0.6) is 0 Å². The van der Waals surface area contributed by atoms with Gasteiger partial charge in [-0.2, -0.15) is 0 Å². The number of nitrogens with two attached hydrogens (primary N) is 1. The summed E-state index contributed by atoms with van der Waals surface area (Å²) in [6, 6.07) is 4.95. The average Bonchev–Trinajstić information content (AvgIpc) is 2.75. The average molecular weight is 314 g/mol. The number of carbonyl (C=O) groups is 1. The molecule has 2 aromatic heterocycles. The van der Waals surface area contributed by atoms with E-state index >= 15 is 0 Å². The molecule has 0 aliphatic rings. The number of anilines is 2. The molecule has 88 valence electrons. The third-order valence-corrected chi connectivity index (χ3v) is 3.22. The standard InChI is InChI=1S/C9H8BrN5OS/c10-6-4-12-9(17-6)14-8(16)5-2-1-3-7(13-5)15-11/h1-4H,11H2,(H,13,15)(H,12,14,16). The second-order valence-electron chi connectivity index (χ2n) is 2.98. The molecule has 0 atom stereocenters. The van der Waals surface area contributed by atoms with E-state index in [0.717, 1.165) is 3.79 Å². The van der Waals surface area contributed by atoms with Gasteiger partial charge in [0.15, 0.2) is 5.13 Å². The maximum atomic E-state index is 11.8. The van der Waals surface area contributed by atoms with Crippen LogP contribution in [-0.2, 0) is 0 Å². The predicted molar refractivity (Wildman–Crippen MR) is 69.8 cm³/mol. The molecule has 2 rings (SSSR count). The molecule has 0 unspecified atom stereocenters. The Morgan fingerprint density at radius 1 is 1.47 bits per heavy atom. The molecule has 8 heteroatoms. The number of thiazole rings is 1. The fourth-order valence-corrected chi connectivity index (χ4v) is 2.22. The van der Waals surface area contributed by atoms with Gasteiger partial charge in [0, 0.05) is 0 Å². The van der Waals surface area contributed by atoms with E-state index in [4.69, 9.17) is 5.84 Å². The Labute approximate surface area is 109 Å². The Bertz CT molecular complexity index is 544.